The van der Waals surface area contributed by atoms with Crippen LogP contribution in [0.5, 0.6) is 0 Å². The molecule has 1 heterocycles. The Balaban J connectivity index is 2.27. The molecule has 1 atom stereocenters. The first-order valence-electron chi connectivity index (χ1n) is 6.62. The topological polar surface area (TPSA) is 87.5 Å². The second kappa shape index (κ2) is 6.84. The van der Waals surface area contributed by atoms with Crippen LogP contribution in [0, 0.1) is 10.1 Å². The Morgan fingerprint density at radius 1 is 1.62 bits per heavy atom. The molecule has 1 saturated heterocycles. The lowest BCUT2D eigenvalue weighted by Gasteiger charge is -2.34. The van der Waals surface area contributed by atoms with Crippen molar-refractivity contribution < 1.29 is 9.72 Å². The molecular formula is C13H17ClN4O3. The molecular weight excluding hydrogens is 296 g/mol. The van der Waals surface area contributed by atoms with E-state index in [-0.39, 0.29) is 24.2 Å². The minimum atomic E-state index is -0.446. The number of nitro benzene ring substituents is 1. The van der Waals surface area contributed by atoms with Gasteiger partial charge in [-0.25, -0.2) is 0 Å². The summed E-state index contributed by atoms with van der Waals surface area (Å²) in [6, 6.07) is 4.25. The number of halogens is 1. The molecule has 1 fully saturated rings. The molecule has 7 nitrogen and oxygen atoms in total. The molecule has 114 valence electrons. The molecule has 8 heteroatoms. The second-order valence-corrected chi connectivity index (χ2v) is 5.21. The van der Waals surface area contributed by atoms with E-state index in [4.69, 9.17) is 11.6 Å². The van der Waals surface area contributed by atoms with Gasteiger partial charge in [0.05, 0.1) is 15.5 Å². The van der Waals surface area contributed by atoms with Crippen molar-refractivity contribution in [2.75, 3.05) is 26.7 Å². The van der Waals surface area contributed by atoms with Gasteiger partial charge in [0.1, 0.15) is 6.04 Å². The van der Waals surface area contributed by atoms with Crippen LogP contribution in [0.15, 0.2) is 18.2 Å². The molecule has 21 heavy (non-hydrogen) atoms. The summed E-state index contributed by atoms with van der Waals surface area (Å²) in [6.45, 7) is 2.14. The van der Waals surface area contributed by atoms with Crippen molar-refractivity contribution in [3.05, 3.63) is 38.9 Å². The van der Waals surface area contributed by atoms with Crippen molar-refractivity contribution >= 4 is 23.2 Å². The van der Waals surface area contributed by atoms with Gasteiger partial charge in [-0.3, -0.25) is 19.8 Å². The highest BCUT2D eigenvalue weighted by molar-refractivity contribution is 6.31. The molecule has 1 amide bonds. The van der Waals surface area contributed by atoms with Crippen molar-refractivity contribution in [3.63, 3.8) is 0 Å². The molecule has 1 aliphatic heterocycles. The van der Waals surface area contributed by atoms with Crippen molar-refractivity contribution in [2.45, 2.75) is 12.6 Å². The third kappa shape index (κ3) is 3.49. The maximum absolute atomic E-state index is 11.9. The highest BCUT2D eigenvalue weighted by Crippen LogP contribution is 2.28. The van der Waals surface area contributed by atoms with Crippen LogP contribution in [-0.2, 0) is 11.3 Å². The molecule has 1 unspecified atom stereocenters. The predicted molar refractivity (Wildman–Crippen MR) is 79.2 cm³/mol. The summed E-state index contributed by atoms with van der Waals surface area (Å²) in [5.74, 6) is -0.114. The van der Waals surface area contributed by atoms with Gasteiger partial charge in [0.2, 0.25) is 5.91 Å². The van der Waals surface area contributed by atoms with Crippen LogP contribution < -0.4 is 10.6 Å². The molecule has 2 rings (SSSR count). The molecule has 2 N–H and O–H groups in total. The van der Waals surface area contributed by atoms with Crippen molar-refractivity contribution in [1.29, 1.82) is 0 Å². The Hall–Kier alpha value is -1.70. The fraction of sp³-hybridized carbons (Fsp3) is 0.462. The van der Waals surface area contributed by atoms with Crippen LogP contribution >= 0.6 is 11.6 Å². The average molecular weight is 313 g/mol. The fourth-order valence-corrected chi connectivity index (χ4v) is 2.67. The number of piperazine rings is 1. The number of benzene rings is 1. The van der Waals surface area contributed by atoms with E-state index >= 15 is 0 Å². The molecule has 0 saturated carbocycles. The zero-order valence-corrected chi connectivity index (χ0v) is 12.4. The summed E-state index contributed by atoms with van der Waals surface area (Å²) in [7, 11) is 1.58. The summed E-state index contributed by atoms with van der Waals surface area (Å²) in [4.78, 5) is 24.5. The van der Waals surface area contributed by atoms with Crippen molar-refractivity contribution in [1.82, 2.24) is 15.5 Å². The molecule has 0 aromatic heterocycles. The van der Waals surface area contributed by atoms with Gasteiger partial charge in [-0.05, 0) is 6.07 Å². The van der Waals surface area contributed by atoms with E-state index in [2.05, 4.69) is 10.6 Å². The van der Waals surface area contributed by atoms with E-state index in [1.807, 2.05) is 4.90 Å². The first kappa shape index (κ1) is 15.7. The summed E-state index contributed by atoms with van der Waals surface area (Å²) in [6.07, 6.45) is 0. The Labute approximate surface area is 127 Å². The Morgan fingerprint density at radius 2 is 2.38 bits per heavy atom. The number of nitro groups is 1. The number of carbonyl (C=O) groups excluding carboxylic acids is 1. The van der Waals surface area contributed by atoms with E-state index in [0.29, 0.717) is 23.7 Å². The normalized spacial score (nSPS) is 19.2. The zero-order chi connectivity index (χ0) is 15.4. The summed E-state index contributed by atoms with van der Waals surface area (Å²) in [5, 5.41) is 17.2. The number of hydrogen-bond acceptors (Lipinski definition) is 5. The van der Waals surface area contributed by atoms with Crippen molar-refractivity contribution in [2.24, 2.45) is 0 Å². The highest BCUT2D eigenvalue weighted by atomic mass is 35.5. The summed E-state index contributed by atoms with van der Waals surface area (Å²) >= 11 is 6.11. The average Bonchev–Trinajstić information content (AvgIpc) is 2.48. The summed E-state index contributed by atoms with van der Waals surface area (Å²) < 4.78 is 0. The van der Waals surface area contributed by atoms with Gasteiger partial charge in [0.15, 0.2) is 0 Å². The maximum Gasteiger partial charge on any atom is 0.275 e. The Kier molecular flexibility index (Phi) is 5.11. The molecule has 1 aliphatic rings. The molecule has 0 spiro atoms. The second-order valence-electron chi connectivity index (χ2n) is 4.80. The van der Waals surface area contributed by atoms with E-state index in [1.54, 1.807) is 19.2 Å². The third-order valence-electron chi connectivity index (χ3n) is 3.56. The number of hydrogen-bond donors (Lipinski definition) is 2. The molecule has 0 aliphatic carbocycles. The van der Waals surface area contributed by atoms with Gasteiger partial charge in [-0.1, -0.05) is 17.7 Å². The number of nitrogens with one attached hydrogen (secondary N) is 2. The first-order valence-corrected chi connectivity index (χ1v) is 7.00. The molecule has 1 aromatic rings. The SMILES string of the molecule is CNC(=O)C1CNCCN1Cc1c(Cl)cccc1[N+](=O)[O-]. The standard InChI is InChI=1S/C13H17ClN4O3/c1-15-13(19)12-7-16-5-6-17(12)8-9-10(14)3-2-4-11(9)18(20)21/h2-4,12,16H,5-8H2,1H3,(H,15,19). The number of rotatable bonds is 4. The van der Waals surface area contributed by atoms with Crippen LogP contribution in [0.25, 0.3) is 0 Å². The monoisotopic (exact) mass is 312 g/mol. The highest BCUT2D eigenvalue weighted by Gasteiger charge is 2.30. The van der Waals surface area contributed by atoms with Crippen LogP contribution in [0.2, 0.25) is 5.02 Å². The van der Waals surface area contributed by atoms with E-state index in [0.717, 1.165) is 6.54 Å². The maximum atomic E-state index is 11.9. The zero-order valence-electron chi connectivity index (χ0n) is 11.6. The van der Waals surface area contributed by atoms with Gasteiger partial charge >= 0.3 is 0 Å². The smallest absolute Gasteiger partial charge is 0.275 e. The van der Waals surface area contributed by atoms with Crippen LogP contribution in [0.1, 0.15) is 5.56 Å². The van der Waals surface area contributed by atoms with Crippen LogP contribution in [0.4, 0.5) is 5.69 Å². The molecule has 0 radical (unpaired) electrons. The van der Waals surface area contributed by atoms with Crippen LogP contribution in [-0.4, -0.2) is 48.5 Å². The quantitative estimate of drug-likeness (QED) is 0.633. The number of nitrogens with zero attached hydrogens (tertiary/aromatic N) is 2. The van der Waals surface area contributed by atoms with Gasteiger partial charge in [0, 0.05) is 39.3 Å². The largest absolute Gasteiger partial charge is 0.358 e. The molecule has 1 aromatic carbocycles. The van der Waals surface area contributed by atoms with Gasteiger partial charge in [-0.2, -0.15) is 0 Å². The van der Waals surface area contributed by atoms with E-state index in [1.165, 1.54) is 6.07 Å². The van der Waals surface area contributed by atoms with E-state index < -0.39 is 4.92 Å². The Bertz CT molecular complexity index is 552. The minimum Gasteiger partial charge on any atom is -0.358 e. The lowest BCUT2D eigenvalue weighted by molar-refractivity contribution is -0.385. The summed E-state index contributed by atoms with van der Waals surface area (Å²) in [5.41, 5.74) is 0.427. The first-order chi connectivity index (χ1) is 10.0. The van der Waals surface area contributed by atoms with Crippen molar-refractivity contribution in [3.8, 4) is 0 Å². The third-order valence-corrected chi connectivity index (χ3v) is 3.91. The van der Waals surface area contributed by atoms with E-state index in [9.17, 15) is 14.9 Å². The van der Waals surface area contributed by atoms with Gasteiger partial charge in [-0.15, -0.1) is 0 Å². The lowest BCUT2D eigenvalue weighted by atomic mass is 10.1. The lowest BCUT2D eigenvalue weighted by Crippen LogP contribution is -2.56. The number of amides is 1. The van der Waals surface area contributed by atoms with Gasteiger partial charge in [0.25, 0.3) is 5.69 Å². The Morgan fingerprint density at radius 3 is 3.05 bits per heavy atom. The minimum absolute atomic E-state index is 0.0170. The predicted octanol–water partition coefficient (Wildman–Crippen LogP) is 0.768. The fourth-order valence-electron chi connectivity index (χ4n) is 2.44. The van der Waals surface area contributed by atoms with Crippen LogP contribution in [0.3, 0.4) is 0 Å². The number of likely N-dealkylation sites (N-methyl/N-ethyl adjacent to an activating group) is 1. The molecule has 0 bridgehead atoms. The number of carbonyl (C=O) groups is 1. The van der Waals surface area contributed by atoms with Gasteiger partial charge < -0.3 is 10.6 Å².